The lowest BCUT2D eigenvalue weighted by Crippen LogP contribution is -2.08. The zero-order valence-corrected chi connectivity index (χ0v) is 18.0. The Morgan fingerprint density at radius 3 is 1.93 bits per heavy atom. The molecule has 0 spiro atoms. The fraction of sp³-hybridized carbons (Fsp3) is 0.381. The molecule has 2 aromatic rings. The van der Waals surface area contributed by atoms with Crippen LogP contribution in [0.3, 0.4) is 0 Å². The number of hydrogen-bond acceptors (Lipinski definition) is 5. The predicted molar refractivity (Wildman–Crippen MR) is 112 cm³/mol. The zero-order valence-electron chi connectivity index (χ0n) is 16.5. The topological polar surface area (TPSA) is 48.0 Å². The van der Waals surface area contributed by atoms with Crippen molar-refractivity contribution in [3.8, 4) is 17.2 Å². The minimum Gasteiger partial charge on any atom is -0.493 e. The van der Waals surface area contributed by atoms with E-state index in [9.17, 15) is 4.79 Å². The van der Waals surface area contributed by atoms with E-state index in [0.29, 0.717) is 22.8 Å². The summed E-state index contributed by atoms with van der Waals surface area (Å²) < 4.78 is 14.8. The summed E-state index contributed by atoms with van der Waals surface area (Å²) >= 11 is 13.0. The van der Waals surface area contributed by atoms with Gasteiger partial charge < -0.3 is 19.1 Å². The van der Waals surface area contributed by atoms with Gasteiger partial charge in [0.25, 0.3) is 0 Å². The highest BCUT2D eigenvalue weighted by atomic mass is 35.5. The van der Waals surface area contributed by atoms with Crippen LogP contribution in [0, 0.1) is 5.92 Å². The third-order valence-corrected chi connectivity index (χ3v) is 5.99. The number of rotatable bonds is 7. The highest BCUT2D eigenvalue weighted by molar-refractivity contribution is 6.53. The maximum atomic E-state index is 13.2. The number of hydrogen-bond donors (Lipinski definition) is 0. The second-order valence-electron chi connectivity index (χ2n) is 6.89. The monoisotopic (exact) mass is 423 g/mol. The molecule has 0 amide bonds. The Bertz CT molecular complexity index is 855. The van der Waals surface area contributed by atoms with E-state index in [0.717, 1.165) is 11.3 Å². The van der Waals surface area contributed by atoms with Crippen molar-refractivity contribution >= 4 is 34.7 Å². The Morgan fingerprint density at radius 2 is 1.50 bits per heavy atom. The average molecular weight is 424 g/mol. The molecule has 0 bridgehead atoms. The van der Waals surface area contributed by atoms with E-state index in [1.807, 2.05) is 43.3 Å². The first-order chi connectivity index (χ1) is 13.3. The molecular weight excluding hydrogens is 401 g/mol. The number of carbonyl (C=O) groups is 1. The number of anilines is 1. The van der Waals surface area contributed by atoms with Crippen molar-refractivity contribution in [3.05, 3.63) is 47.5 Å². The molecule has 150 valence electrons. The number of alkyl halides is 2. The fourth-order valence-electron chi connectivity index (χ4n) is 3.45. The maximum absolute atomic E-state index is 13.2. The summed E-state index contributed by atoms with van der Waals surface area (Å²) in [6.07, 6.45) is 0. The van der Waals surface area contributed by atoms with Gasteiger partial charge in [-0.1, -0.05) is 12.1 Å². The van der Waals surface area contributed by atoms with E-state index in [1.165, 1.54) is 21.3 Å². The normalized spacial score (nSPS) is 19.7. The molecule has 0 heterocycles. The number of carbonyl (C=O) groups excluding carboxylic acids is 1. The summed E-state index contributed by atoms with van der Waals surface area (Å²) in [5, 5.41) is 0. The lowest BCUT2D eigenvalue weighted by Gasteiger charge is -2.14. The van der Waals surface area contributed by atoms with Crippen molar-refractivity contribution in [2.24, 2.45) is 5.92 Å². The largest absolute Gasteiger partial charge is 0.493 e. The first-order valence-corrected chi connectivity index (χ1v) is 9.51. The number of ether oxygens (including phenoxy) is 3. The van der Waals surface area contributed by atoms with Crippen LogP contribution < -0.4 is 19.1 Å². The summed E-state index contributed by atoms with van der Waals surface area (Å²) in [4.78, 5) is 15.2. The van der Waals surface area contributed by atoms with E-state index in [1.54, 1.807) is 12.1 Å². The van der Waals surface area contributed by atoms with E-state index in [2.05, 4.69) is 0 Å². The van der Waals surface area contributed by atoms with Crippen LogP contribution in [0.2, 0.25) is 0 Å². The van der Waals surface area contributed by atoms with Crippen molar-refractivity contribution in [1.82, 2.24) is 0 Å². The molecule has 28 heavy (non-hydrogen) atoms. The quantitative estimate of drug-likeness (QED) is 0.482. The molecule has 5 nitrogen and oxygen atoms in total. The minimum atomic E-state index is -1.16. The second kappa shape index (κ2) is 7.72. The summed E-state index contributed by atoms with van der Waals surface area (Å²) in [5.74, 6) is 0.254. The summed E-state index contributed by atoms with van der Waals surface area (Å²) in [7, 11) is 8.46. The Hall–Kier alpha value is -2.11. The average Bonchev–Trinajstić information content (AvgIpc) is 3.27. The first-order valence-electron chi connectivity index (χ1n) is 8.75. The van der Waals surface area contributed by atoms with Gasteiger partial charge in [0.2, 0.25) is 5.75 Å². The van der Waals surface area contributed by atoms with Gasteiger partial charge in [0, 0.05) is 31.3 Å². The number of halogens is 2. The fourth-order valence-corrected chi connectivity index (χ4v) is 4.28. The standard InChI is InChI=1S/C21H23Cl2NO4/c1-24(2)14-8-6-12(7-9-14)17-18(21(17,22)23)19(25)13-10-15(26-3)20(28-5)16(11-13)27-4/h6-11,17-18H,1-5H3. The summed E-state index contributed by atoms with van der Waals surface area (Å²) in [5.41, 5.74) is 2.41. The van der Waals surface area contributed by atoms with Gasteiger partial charge in [0.15, 0.2) is 17.3 Å². The molecule has 0 aliphatic heterocycles. The van der Waals surface area contributed by atoms with Crippen LogP contribution in [0.4, 0.5) is 5.69 Å². The molecule has 3 rings (SSSR count). The van der Waals surface area contributed by atoms with Crippen molar-refractivity contribution in [2.75, 3.05) is 40.3 Å². The SMILES string of the molecule is COc1cc(C(=O)C2C(c3ccc(N(C)C)cc3)C2(Cl)Cl)cc(OC)c1OC. The number of ketones is 1. The van der Waals surface area contributed by atoms with E-state index < -0.39 is 10.3 Å². The molecule has 2 atom stereocenters. The van der Waals surface area contributed by atoms with Gasteiger partial charge in [-0.2, -0.15) is 0 Å². The van der Waals surface area contributed by atoms with Crippen LogP contribution in [0.1, 0.15) is 21.8 Å². The van der Waals surface area contributed by atoms with Gasteiger partial charge in [0.1, 0.15) is 4.33 Å². The maximum Gasteiger partial charge on any atom is 0.203 e. The predicted octanol–water partition coefficient (Wildman–Crippen LogP) is 4.55. The minimum absolute atomic E-state index is 0.161. The van der Waals surface area contributed by atoms with Crippen LogP contribution in [0.25, 0.3) is 0 Å². The lowest BCUT2D eigenvalue weighted by atomic mass is 10.0. The Balaban J connectivity index is 1.92. The van der Waals surface area contributed by atoms with Gasteiger partial charge >= 0.3 is 0 Å². The van der Waals surface area contributed by atoms with Gasteiger partial charge in [-0.15, -0.1) is 23.2 Å². The van der Waals surface area contributed by atoms with Crippen molar-refractivity contribution in [3.63, 3.8) is 0 Å². The highest BCUT2D eigenvalue weighted by Crippen LogP contribution is 2.66. The molecule has 0 radical (unpaired) electrons. The number of methoxy groups -OCH3 is 3. The van der Waals surface area contributed by atoms with Crippen molar-refractivity contribution in [1.29, 1.82) is 0 Å². The van der Waals surface area contributed by atoms with Crippen LogP contribution in [0.15, 0.2) is 36.4 Å². The number of nitrogens with zero attached hydrogens (tertiary/aromatic N) is 1. The summed E-state index contributed by atoms with van der Waals surface area (Å²) in [6, 6.07) is 11.1. The highest BCUT2D eigenvalue weighted by Gasteiger charge is 2.67. The molecule has 0 aromatic heterocycles. The third-order valence-electron chi connectivity index (χ3n) is 5.05. The zero-order chi connectivity index (χ0) is 20.6. The molecule has 1 fully saturated rings. The molecule has 7 heteroatoms. The van der Waals surface area contributed by atoms with E-state index >= 15 is 0 Å². The molecular formula is C21H23Cl2NO4. The van der Waals surface area contributed by atoms with E-state index in [-0.39, 0.29) is 11.7 Å². The van der Waals surface area contributed by atoms with Crippen molar-refractivity contribution < 1.29 is 19.0 Å². The van der Waals surface area contributed by atoms with Gasteiger partial charge in [-0.05, 0) is 29.8 Å². The van der Waals surface area contributed by atoms with Gasteiger partial charge in [0.05, 0.1) is 27.2 Å². The smallest absolute Gasteiger partial charge is 0.203 e. The second-order valence-corrected chi connectivity index (χ2v) is 8.34. The number of Topliss-reactive ketones (excluding diaryl/α,β-unsaturated/α-hetero) is 1. The van der Waals surface area contributed by atoms with Gasteiger partial charge in [-0.3, -0.25) is 4.79 Å². The Labute approximate surface area is 175 Å². The molecule has 1 aliphatic carbocycles. The van der Waals surface area contributed by atoms with Crippen LogP contribution in [-0.4, -0.2) is 45.5 Å². The number of benzene rings is 2. The third kappa shape index (κ3) is 3.49. The van der Waals surface area contributed by atoms with Crippen molar-refractivity contribution in [2.45, 2.75) is 10.3 Å². The van der Waals surface area contributed by atoms with E-state index in [4.69, 9.17) is 37.4 Å². The summed E-state index contributed by atoms with van der Waals surface area (Å²) in [6.45, 7) is 0. The molecule has 1 saturated carbocycles. The van der Waals surface area contributed by atoms with Crippen LogP contribution >= 0.6 is 23.2 Å². The van der Waals surface area contributed by atoms with Crippen LogP contribution in [0.5, 0.6) is 17.2 Å². The Kier molecular flexibility index (Phi) is 5.69. The van der Waals surface area contributed by atoms with Crippen LogP contribution in [-0.2, 0) is 0 Å². The Morgan fingerprint density at radius 1 is 0.964 bits per heavy atom. The molecule has 2 aromatic carbocycles. The molecule has 2 unspecified atom stereocenters. The lowest BCUT2D eigenvalue weighted by molar-refractivity contribution is 0.0963. The molecule has 0 saturated heterocycles. The van der Waals surface area contributed by atoms with Gasteiger partial charge in [-0.25, -0.2) is 0 Å². The molecule has 0 N–H and O–H groups in total. The first kappa shape index (κ1) is 20.6. The molecule has 1 aliphatic rings.